The summed E-state index contributed by atoms with van der Waals surface area (Å²) >= 11 is 0. The van der Waals surface area contributed by atoms with Gasteiger partial charge >= 0.3 is 0 Å². The maximum absolute atomic E-state index is 13.4. The average molecular weight is 440 g/mol. The van der Waals surface area contributed by atoms with Gasteiger partial charge in [0.25, 0.3) is 0 Å². The summed E-state index contributed by atoms with van der Waals surface area (Å²) in [5, 5.41) is 3.54. The highest BCUT2D eigenvalue weighted by Crippen LogP contribution is 2.47. The first-order chi connectivity index (χ1) is 16.1. The highest BCUT2D eigenvalue weighted by molar-refractivity contribution is 5.54. The summed E-state index contributed by atoms with van der Waals surface area (Å²) in [4.78, 5) is 6.77. The maximum Gasteiger partial charge on any atom is 0.123 e. The van der Waals surface area contributed by atoms with Crippen LogP contribution < -0.4 is 5.32 Å². The summed E-state index contributed by atoms with van der Waals surface area (Å²) in [5.74, 6) is -0.211. The van der Waals surface area contributed by atoms with Crippen LogP contribution >= 0.6 is 0 Å². The molecule has 1 fully saturated rings. The summed E-state index contributed by atoms with van der Waals surface area (Å²) in [6.45, 7) is 5.27. The molecular weight excluding hydrogens is 409 g/mol. The van der Waals surface area contributed by atoms with Gasteiger partial charge in [-0.1, -0.05) is 35.9 Å². The van der Waals surface area contributed by atoms with Gasteiger partial charge in [-0.2, -0.15) is 0 Å². The molecule has 4 heteroatoms. The zero-order valence-corrected chi connectivity index (χ0v) is 19.1. The lowest BCUT2D eigenvalue weighted by atomic mass is 9.65. The first kappa shape index (κ1) is 21.6. The number of anilines is 1. The molecule has 1 aliphatic carbocycles. The van der Waals surface area contributed by atoms with E-state index >= 15 is 0 Å². The standard InChI is InChI=1S/C29H30FN3/c1-22-18-29(19-23-5-3-2-4-6-23)21-33(20-24-11-14-31-15-12-24)16-13-25(29)17-28(22)32-27-9-7-26(30)8-10-27/h2-12,14-15,17,32H,13,16,18-21H2,1H3. The molecule has 1 aromatic heterocycles. The Morgan fingerprint density at radius 2 is 1.73 bits per heavy atom. The molecule has 168 valence electrons. The van der Waals surface area contributed by atoms with E-state index in [1.165, 1.54) is 34.4 Å². The zero-order chi connectivity index (χ0) is 22.7. The molecule has 3 nitrogen and oxygen atoms in total. The molecule has 1 N–H and O–H groups in total. The Kier molecular flexibility index (Phi) is 6.10. The molecule has 2 heterocycles. The van der Waals surface area contributed by atoms with Gasteiger partial charge in [0.1, 0.15) is 5.82 Å². The van der Waals surface area contributed by atoms with E-state index in [0.29, 0.717) is 0 Å². The van der Waals surface area contributed by atoms with Crippen molar-refractivity contribution in [1.29, 1.82) is 0 Å². The summed E-state index contributed by atoms with van der Waals surface area (Å²) in [6.07, 6.45) is 9.24. The minimum atomic E-state index is -0.211. The van der Waals surface area contributed by atoms with E-state index in [1.54, 1.807) is 12.1 Å². The van der Waals surface area contributed by atoms with E-state index in [-0.39, 0.29) is 11.2 Å². The largest absolute Gasteiger partial charge is 0.356 e. The van der Waals surface area contributed by atoms with E-state index in [9.17, 15) is 4.39 Å². The lowest BCUT2D eigenvalue weighted by Crippen LogP contribution is -2.47. The maximum atomic E-state index is 13.4. The zero-order valence-electron chi connectivity index (χ0n) is 19.1. The number of halogens is 1. The molecule has 0 amide bonds. The van der Waals surface area contributed by atoms with Crippen LogP contribution in [0.5, 0.6) is 0 Å². The van der Waals surface area contributed by atoms with Crippen LogP contribution in [0.2, 0.25) is 0 Å². The number of likely N-dealkylation sites (tertiary alicyclic amines) is 1. The number of nitrogens with zero attached hydrogens (tertiary/aromatic N) is 2. The fourth-order valence-electron chi connectivity index (χ4n) is 5.38. The van der Waals surface area contributed by atoms with Crippen molar-refractivity contribution < 1.29 is 4.39 Å². The fourth-order valence-corrected chi connectivity index (χ4v) is 5.38. The summed E-state index contributed by atoms with van der Waals surface area (Å²) in [7, 11) is 0. The van der Waals surface area contributed by atoms with Gasteiger partial charge in [-0.05, 0) is 85.4 Å². The number of pyridine rings is 1. The molecule has 5 rings (SSSR count). The third-order valence-electron chi connectivity index (χ3n) is 6.95. The predicted molar refractivity (Wildman–Crippen MR) is 132 cm³/mol. The molecule has 2 aromatic carbocycles. The van der Waals surface area contributed by atoms with Crippen molar-refractivity contribution in [3.8, 4) is 0 Å². The third-order valence-corrected chi connectivity index (χ3v) is 6.95. The Hall–Kier alpha value is -3.24. The van der Waals surface area contributed by atoms with E-state index in [0.717, 1.165) is 50.3 Å². The smallest absolute Gasteiger partial charge is 0.123 e. The predicted octanol–water partition coefficient (Wildman–Crippen LogP) is 6.37. The topological polar surface area (TPSA) is 28.2 Å². The number of hydrogen-bond donors (Lipinski definition) is 1. The molecule has 0 spiro atoms. The number of aromatic nitrogens is 1. The molecule has 1 saturated heterocycles. The number of benzene rings is 2. The molecule has 2 aliphatic rings. The van der Waals surface area contributed by atoms with Crippen LogP contribution in [0, 0.1) is 11.2 Å². The Bertz CT molecular complexity index is 1150. The van der Waals surface area contributed by atoms with Crippen molar-refractivity contribution in [1.82, 2.24) is 9.88 Å². The third kappa shape index (κ3) is 4.91. The van der Waals surface area contributed by atoms with Crippen LogP contribution in [0.3, 0.4) is 0 Å². The first-order valence-electron chi connectivity index (χ1n) is 11.7. The summed E-state index contributed by atoms with van der Waals surface area (Å²) < 4.78 is 13.4. The molecule has 1 unspecified atom stereocenters. The van der Waals surface area contributed by atoms with Crippen molar-refractivity contribution >= 4 is 5.69 Å². The number of nitrogens with one attached hydrogen (secondary N) is 1. The highest BCUT2D eigenvalue weighted by Gasteiger charge is 2.41. The molecule has 0 bridgehead atoms. The number of piperidine rings is 1. The molecule has 1 atom stereocenters. The normalized spacial score (nSPS) is 20.8. The SMILES string of the molecule is CC1=C(Nc2ccc(F)cc2)C=C2CCN(Cc3ccncc3)CC2(Cc2ccccc2)C1. The second kappa shape index (κ2) is 9.32. The van der Waals surface area contributed by atoms with Gasteiger partial charge in [0.2, 0.25) is 0 Å². The van der Waals surface area contributed by atoms with Gasteiger partial charge in [0.15, 0.2) is 0 Å². The van der Waals surface area contributed by atoms with Gasteiger partial charge in [0, 0.05) is 48.8 Å². The molecule has 0 radical (unpaired) electrons. The Labute approximate surface area is 195 Å². The molecule has 33 heavy (non-hydrogen) atoms. The Balaban J connectivity index is 1.43. The molecular formula is C29H30FN3. The number of allylic oxidation sites excluding steroid dienone is 2. The van der Waals surface area contributed by atoms with Crippen molar-refractivity contribution in [2.75, 3.05) is 18.4 Å². The average Bonchev–Trinajstić information content (AvgIpc) is 2.82. The van der Waals surface area contributed by atoms with Crippen LogP contribution in [-0.2, 0) is 13.0 Å². The van der Waals surface area contributed by atoms with Gasteiger partial charge in [-0.3, -0.25) is 9.88 Å². The van der Waals surface area contributed by atoms with E-state index in [2.05, 4.69) is 70.7 Å². The van der Waals surface area contributed by atoms with Gasteiger partial charge < -0.3 is 5.32 Å². The number of rotatable bonds is 6. The Morgan fingerprint density at radius 3 is 2.48 bits per heavy atom. The molecule has 3 aromatic rings. The van der Waals surface area contributed by atoms with Gasteiger partial charge in [-0.15, -0.1) is 0 Å². The number of hydrogen-bond acceptors (Lipinski definition) is 3. The second-order valence-corrected chi connectivity index (χ2v) is 9.43. The van der Waals surface area contributed by atoms with Crippen LogP contribution in [0.4, 0.5) is 10.1 Å². The fraction of sp³-hybridized carbons (Fsp3) is 0.276. The van der Waals surface area contributed by atoms with Crippen LogP contribution in [0.15, 0.2) is 102 Å². The molecule has 0 saturated carbocycles. The van der Waals surface area contributed by atoms with Crippen LogP contribution in [0.25, 0.3) is 0 Å². The quantitative estimate of drug-likeness (QED) is 0.484. The van der Waals surface area contributed by atoms with Gasteiger partial charge in [0.05, 0.1) is 0 Å². The highest BCUT2D eigenvalue weighted by atomic mass is 19.1. The van der Waals surface area contributed by atoms with Gasteiger partial charge in [-0.25, -0.2) is 4.39 Å². The van der Waals surface area contributed by atoms with E-state index < -0.39 is 0 Å². The van der Waals surface area contributed by atoms with Crippen molar-refractivity contribution in [3.63, 3.8) is 0 Å². The first-order valence-corrected chi connectivity index (χ1v) is 11.7. The lowest BCUT2D eigenvalue weighted by Gasteiger charge is -2.48. The lowest BCUT2D eigenvalue weighted by molar-refractivity contribution is 0.130. The summed E-state index contributed by atoms with van der Waals surface area (Å²) in [5.41, 5.74) is 7.74. The minimum absolute atomic E-state index is 0.0880. The molecule has 1 aliphatic heterocycles. The minimum Gasteiger partial charge on any atom is -0.356 e. The van der Waals surface area contributed by atoms with Crippen LogP contribution in [-0.4, -0.2) is 23.0 Å². The summed E-state index contributed by atoms with van der Waals surface area (Å²) in [6, 6.07) is 21.7. The van der Waals surface area contributed by atoms with E-state index in [4.69, 9.17) is 0 Å². The van der Waals surface area contributed by atoms with Crippen molar-refractivity contribution in [2.45, 2.75) is 32.7 Å². The van der Waals surface area contributed by atoms with E-state index in [1.807, 2.05) is 12.4 Å². The monoisotopic (exact) mass is 439 g/mol. The van der Waals surface area contributed by atoms with Crippen molar-refractivity contribution in [3.05, 3.63) is 119 Å². The Morgan fingerprint density at radius 1 is 0.970 bits per heavy atom. The second-order valence-electron chi connectivity index (χ2n) is 9.43. The van der Waals surface area contributed by atoms with Crippen molar-refractivity contribution in [2.24, 2.45) is 5.41 Å². The van der Waals surface area contributed by atoms with Crippen LogP contribution in [0.1, 0.15) is 30.9 Å². The number of fused-ring (bicyclic) bond motifs is 1.